The Balaban J connectivity index is 1.95. The van der Waals surface area contributed by atoms with Gasteiger partial charge in [0.05, 0.1) is 0 Å². The van der Waals surface area contributed by atoms with Gasteiger partial charge >= 0.3 is 0 Å². The summed E-state index contributed by atoms with van der Waals surface area (Å²) in [6, 6.07) is 9.97. The average molecular weight is 147 g/mol. The Labute approximate surface area is 67.0 Å². The monoisotopic (exact) mass is 147 g/mol. The van der Waals surface area contributed by atoms with Gasteiger partial charge in [-0.3, -0.25) is 0 Å². The maximum atomic E-state index is 5.57. The van der Waals surface area contributed by atoms with Gasteiger partial charge in [0.2, 0.25) is 0 Å². The van der Waals surface area contributed by atoms with Crippen molar-refractivity contribution in [3.63, 3.8) is 0 Å². The van der Waals surface area contributed by atoms with E-state index in [4.69, 9.17) is 4.74 Å². The zero-order valence-corrected chi connectivity index (χ0v) is 6.42. The largest absolute Gasteiger partial charge is 0.483 e. The SMILES string of the molecule is c1ccc(O[C]2CCC2)cc1. The molecule has 0 aliphatic heterocycles. The number of hydrogen-bond donors (Lipinski definition) is 0. The molecule has 0 atom stereocenters. The zero-order valence-electron chi connectivity index (χ0n) is 6.42. The third-order valence-corrected chi connectivity index (χ3v) is 1.92. The van der Waals surface area contributed by atoms with Crippen LogP contribution in [-0.4, -0.2) is 0 Å². The molecule has 0 spiro atoms. The Hall–Kier alpha value is -0.980. The van der Waals surface area contributed by atoms with Crippen molar-refractivity contribution < 1.29 is 4.74 Å². The Bertz CT molecular complexity index is 214. The molecule has 1 nitrogen and oxygen atoms in total. The highest BCUT2D eigenvalue weighted by Gasteiger charge is 2.20. The van der Waals surface area contributed by atoms with Crippen LogP contribution in [-0.2, 0) is 0 Å². The van der Waals surface area contributed by atoms with Crippen molar-refractivity contribution in [2.75, 3.05) is 0 Å². The van der Waals surface area contributed by atoms with Gasteiger partial charge in [-0.2, -0.15) is 0 Å². The van der Waals surface area contributed by atoms with Crippen molar-refractivity contribution in [2.24, 2.45) is 0 Å². The summed E-state index contributed by atoms with van der Waals surface area (Å²) < 4.78 is 5.57. The molecule has 57 valence electrons. The second kappa shape index (κ2) is 2.95. The van der Waals surface area contributed by atoms with E-state index in [1.807, 2.05) is 30.3 Å². The number of para-hydroxylation sites is 1. The predicted molar refractivity (Wildman–Crippen MR) is 44.2 cm³/mol. The third-order valence-electron chi connectivity index (χ3n) is 1.92. The summed E-state index contributed by atoms with van der Waals surface area (Å²) in [4.78, 5) is 0. The molecule has 11 heavy (non-hydrogen) atoms. The van der Waals surface area contributed by atoms with E-state index in [1.165, 1.54) is 12.5 Å². The van der Waals surface area contributed by atoms with Gasteiger partial charge in [0.15, 0.2) is 0 Å². The lowest BCUT2D eigenvalue weighted by Crippen LogP contribution is -2.14. The van der Waals surface area contributed by atoms with E-state index in [1.54, 1.807) is 0 Å². The molecule has 0 bridgehead atoms. The number of benzene rings is 1. The first-order valence-electron chi connectivity index (χ1n) is 4.03. The molecule has 1 aliphatic rings. The van der Waals surface area contributed by atoms with Crippen LogP contribution in [0.1, 0.15) is 19.3 Å². The van der Waals surface area contributed by atoms with Crippen LogP contribution in [0.3, 0.4) is 0 Å². The minimum Gasteiger partial charge on any atom is -0.483 e. The molecule has 1 aliphatic carbocycles. The highest BCUT2D eigenvalue weighted by Crippen LogP contribution is 2.31. The second-order valence-corrected chi connectivity index (χ2v) is 2.81. The Morgan fingerprint density at radius 2 is 1.73 bits per heavy atom. The topological polar surface area (TPSA) is 9.23 Å². The molecule has 1 heteroatoms. The molecule has 0 saturated heterocycles. The van der Waals surface area contributed by atoms with Gasteiger partial charge in [0.25, 0.3) is 0 Å². The molecular formula is C10H11O. The number of rotatable bonds is 2. The van der Waals surface area contributed by atoms with Crippen molar-refractivity contribution >= 4 is 0 Å². The van der Waals surface area contributed by atoms with Crippen LogP contribution in [0.5, 0.6) is 5.75 Å². The molecule has 1 fully saturated rings. The Morgan fingerprint density at radius 3 is 2.27 bits per heavy atom. The Morgan fingerprint density at radius 1 is 1.00 bits per heavy atom. The molecule has 2 rings (SSSR count). The molecule has 0 unspecified atom stereocenters. The lowest BCUT2D eigenvalue weighted by atomic mass is 9.96. The van der Waals surface area contributed by atoms with E-state index in [9.17, 15) is 0 Å². The van der Waals surface area contributed by atoms with Crippen LogP contribution in [0.15, 0.2) is 30.3 Å². The smallest absolute Gasteiger partial charge is 0.148 e. The van der Waals surface area contributed by atoms with Crippen LogP contribution < -0.4 is 4.74 Å². The van der Waals surface area contributed by atoms with E-state index < -0.39 is 0 Å². The fourth-order valence-corrected chi connectivity index (χ4v) is 1.08. The number of hydrogen-bond acceptors (Lipinski definition) is 1. The van der Waals surface area contributed by atoms with Crippen molar-refractivity contribution in [3.8, 4) is 5.75 Å². The van der Waals surface area contributed by atoms with Crippen LogP contribution in [0.4, 0.5) is 0 Å². The summed E-state index contributed by atoms with van der Waals surface area (Å²) in [5.41, 5.74) is 0. The lowest BCUT2D eigenvalue weighted by Gasteiger charge is -2.24. The van der Waals surface area contributed by atoms with Crippen LogP contribution in [0.2, 0.25) is 0 Å². The summed E-state index contributed by atoms with van der Waals surface area (Å²) >= 11 is 0. The summed E-state index contributed by atoms with van der Waals surface area (Å²) in [7, 11) is 0. The van der Waals surface area contributed by atoms with E-state index in [0.29, 0.717) is 0 Å². The molecule has 1 aromatic carbocycles. The van der Waals surface area contributed by atoms with E-state index in [-0.39, 0.29) is 0 Å². The average Bonchev–Trinajstić information content (AvgIpc) is 1.99. The summed E-state index contributed by atoms with van der Waals surface area (Å²) in [5, 5.41) is 0. The minimum absolute atomic E-state index is 0.974. The third kappa shape index (κ3) is 1.53. The van der Waals surface area contributed by atoms with Crippen molar-refractivity contribution in [1.29, 1.82) is 0 Å². The molecule has 0 amide bonds. The number of ether oxygens (including phenoxy) is 1. The Kier molecular flexibility index (Phi) is 1.80. The van der Waals surface area contributed by atoms with Gasteiger partial charge in [0.1, 0.15) is 11.9 Å². The highest BCUT2D eigenvalue weighted by molar-refractivity contribution is 5.22. The molecule has 0 aromatic heterocycles. The normalized spacial score (nSPS) is 17.5. The maximum absolute atomic E-state index is 5.57. The molecular weight excluding hydrogens is 136 g/mol. The van der Waals surface area contributed by atoms with Crippen molar-refractivity contribution in [3.05, 3.63) is 36.4 Å². The molecule has 1 radical (unpaired) electrons. The molecule has 0 heterocycles. The van der Waals surface area contributed by atoms with Crippen LogP contribution >= 0.6 is 0 Å². The molecule has 1 aromatic rings. The fourth-order valence-electron chi connectivity index (χ4n) is 1.08. The highest BCUT2D eigenvalue weighted by atomic mass is 16.5. The first kappa shape index (κ1) is 6.71. The summed E-state index contributed by atoms with van der Waals surface area (Å²) in [6.07, 6.45) is 4.82. The first-order chi connectivity index (χ1) is 5.45. The van der Waals surface area contributed by atoms with Crippen LogP contribution in [0, 0.1) is 6.10 Å². The van der Waals surface area contributed by atoms with Gasteiger partial charge in [-0.1, -0.05) is 18.2 Å². The minimum atomic E-state index is 0.974. The van der Waals surface area contributed by atoms with E-state index >= 15 is 0 Å². The lowest BCUT2D eigenvalue weighted by molar-refractivity contribution is 0.232. The standard InChI is InChI=1S/C10H11O/c1-2-5-9(6-3-1)11-10-7-4-8-10/h1-3,5-6H,4,7-8H2. The van der Waals surface area contributed by atoms with Gasteiger partial charge in [0, 0.05) is 0 Å². The molecule has 0 N–H and O–H groups in total. The fraction of sp³-hybridized carbons (Fsp3) is 0.300. The maximum Gasteiger partial charge on any atom is 0.148 e. The quantitative estimate of drug-likeness (QED) is 0.625. The zero-order chi connectivity index (χ0) is 7.52. The van der Waals surface area contributed by atoms with Gasteiger partial charge in [-0.05, 0) is 31.4 Å². The summed E-state index contributed by atoms with van der Waals surface area (Å²) in [6.45, 7) is 0. The summed E-state index contributed by atoms with van der Waals surface area (Å²) in [5.74, 6) is 0.974. The van der Waals surface area contributed by atoms with Crippen molar-refractivity contribution in [2.45, 2.75) is 19.3 Å². The van der Waals surface area contributed by atoms with Gasteiger partial charge in [-0.15, -0.1) is 0 Å². The van der Waals surface area contributed by atoms with Gasteiger partial charge in [-0.25, -0.2) is 0 Å². The van der Waals surface area contributed by atoms with Crippen molar-refractivity contribution in [1.82, 2.24) is 0 Å². The van der Waals surface area contributed by atoms with Crippen LogP contribution in [0.25, 0.3) is 0 Å². The molecule has 1 saturated carbocycles. The first-order valence-corrected chi connectivity index (χ1v) is 4.03. The van der Waals surface area contributed by atoms with E-state index in [0.717, 1.165) is 18.6 Å². The van der Waals surface area contributed by atoms with E-state index in [2.05, 4.69) is 0 Å². The predicted octanol–water partition coefficient (Wildman–Crippen LogP) is 2.78. The second-order valence-electron chi connectivity index (χ2n) is 2.81. The van der Waals surface area contributed by atoms with Gasteiger partial charge < -0.3 is 4.74 Å².